The van der Waals surface area contributed by atoms with E-state index in [1.54, 1.807) is 0 Å². The molecule has 0 aliphatic carbocycles. The molecule has 0 N–H and O–H groups in total. The van der Waals surface area contributed by atoms with Crippen LogP contribution in [0.15, 0.2) is 78.9 Å². The molecule has 0 bridgehead atoms. The molecule has 4 heteroatoms. The molecular formula is C23H20N2O2. The quantitative estimate of drug-likeness (QED) is 0.433. The molecule has 3 aromatic carbocycles. The van der Waals surface area contributed by atoms with E-state index < -0.39 is 0 Å². The van der Waals surface area contributed by atoms with Crippen LogP contribution >= 0.6 is 0 Å². The van der Waals surface area contributed by atoms with Gasteiger partial charge in [0, 0.05) is 5.56 Å². The van der Waals surface area contributed by atoms with Gasteiger partial charge < -0.3 is 9.47 Å². The molecule has 0 saturated heterocycles. The first kappa shape index (κ1) is 17.0. The standard InChI is InChI=1S/C23H20N2O2/c1-2-16-26-18-14-12-17(13-15-18)22-24-21-11-7-6-10-20(21)23(25-22)27-19-8-4-3-5-9-19/h3-15H,2,16H2,1H3. The van der Waals surface area contributed by atoms with E-state index >= 15 is 0 Å². The maximum atomic E-state index is 6.05. The van der Waals surface area contributed by atoms with Crippen molar-refractivity contribution >= 4 is 10.9 Å². The van der Waals surface area contributed by atoms with Crippen molar-refractivity contribution in [3.8, 4) is 28.8 Å². The van der Waals surface area contributed by atoms with Gasteiger partial charge >= 0.3 is 0 Å². The summed E-state index contributed by atoms with van der Waals surface area (Å²) in [6.07, 6.45) is 0.982. The summed E-state index contributed by atoms with van der Waals surface area (Å²) in [5.74, 6) is 2.77. The Hall–Kier alpha value is -3.40. The second-order valence-electron chi connectivity index (χ2n) is 6.16. The Morgan fingerprint density at radius 1 is 0.741 bits per heavy atom. The molecule has 0 spiro atoms. The Kier molecular flexibility index (Phi) is 4.97. The van der Waals surface area contributed by atoms with Crippen LogP contribution in [-0.4, -0.2) is 16.6 Å². The fourth-order valence-electron chi connectivity index (χ4n) is 2.77. The fraction of sp³-hybridized carbons (Fsp3) is 0.130. The van der Waals surface area contributed by atoms with E-state index in [1.807, 2.05) is 78.9 Å². The van der Waals surface area contributed by atoms with Crippen molar-refractivity contribution in [3.63, 3.8) is 0 Å². The van der Waals surface area contributed by atoms with E-state index in [1.165, 1.54) is 0 Å². The lowest BCUT2D eigenvalue weighted by atomic mass is 10.2. The van der Waals surface area contributed by atoms with Crippen LogP contribution in [0.5, 0.6) is 17.4 Å². The molecule has 4 nitrogen and oxygen atoms in total. The van der Waals surface area contributed by atoms with Crippen LogP contribution in [0.2, 0.25) is 0 Å². The van der Waals surface area contributed by atoms with Gasteiger partial charge in [0.25, 0.3) is 0 Å². The van der Waals surface area contributed by atoms with Crippen LogP contribution < -0.4 is 9.47 Å². The number of nitrogens with zero attached hydrogens (tertiary/aromatic N) is 2. The molecule has 0 atom stereocenters. The minimum Gasteiger partial charge on any atom is -0.494 e. The van der Waals surface area contributed by atoms with Gasteiger partial charge in [-0.3, -0.25) is 0 Å². The third kappa shape index (κ3) is 3.90. The zero-order valence-electron chi connectivity index (χ0n) is 15.1. The number of hydrogen-bond donors (Lipinski definition) is 0. The van der Waals surface area contributed by atoms with Crippen LogP contribution in [-0.2, 0) is 0 Å². The molecule has 4 rings (SSSR count). The Morgan fingerprint density at radius 3 is 2.26 bits per heavy atom. The summed E-state index contributed by atoms with van der Waals surface area (Å²) in [5, 5.41) is 0.882. The first-order valence-corrected chi connectivity index (χ1v) is 9.06. The van der Waals surface area contributed by atoms with Crippen molar-refractivity contribution < 1.29 is 9.47 Å². The highest BCUT2D eigenvalue weighted by Crippen LogP contribution is 2.30. The van der Waals surface area contributed by atoms with Crippen molar-refractivity contribution in [2.45, 2.75) is 13.3 Å². The summed E-state index contributed by atoms with van der Waals surface area (Å²) in [6, 6.07) is 25.4. The number of para-hydroxylation sites is 2. The minimum absolute atomic E-state index is 0.549. The van der Waals surface area contributed by atoms with Gasteiger partial charge in [0.1, 0.15) is 11.5 Å². The van der Waals surface area contributed by atoms with Crippen molar-refractivity contribution in [1.29, 1.82) is 0 Å². The monoisotopic (exact) mass is 356 g/mol. The zero-order valence-corrected chi connectivity index (χ0v) is 15.1. The summed E-state index contributed by atoms with van der Waals surface area (Å²) in [4.78, 5) is 9.39. The predicted molar refractivity (Wildman–Crippen MR) is 107 cm³/mol. The van der Waals surface area contributed by atoms with Crippen LogP contribution in [0, 0.1) is 0 Å². The first-order valence-electron chi connectivity index (χ1n) is 9.06. The largest absolute Gasteiger partial charge is 0.494 e. The Balaban J connectivity index is 1.73. The summed E-state index contributed by atoms with van der Waals surface area (Å²) < 4.78 is 11.7. The molecule has 0 fully saturated rings. The summed E-state index contributed by atoms with van der Waals surface area (Å²) in [6.45, 7) is 2.80. The van der Waals surface area contributed by atoms with Gasteiger partial charge in [-0.15, -0.1) is 0 Å². The molecule has 0 unspecified atom stereocenters. The van der Waals surface area contributed by atoms with E-state index in [4.69, 9.17) is 14.5 Å². The molecule has 1 aromatic heterocycles. The summed E-state index contributed by atoms with van der Waals surface area (Å²) in [5.41, 5.74) is 1.77. The maximum Gasteiger partial charge on any atom is 0.230 e. The lowest BCUT2D eigenvalue weighted by Crippen LogP contribution is -1.97. The van der Waals surface area contributed by atoms with Crippen molar-refractivity contribution in [1.82, 2.24) is 9.97 Å². The first-order chi connectivity index (χ1) is 13.3. The van der Waals surface area contributed by atoms with Crippen LogP contribution in [0.1, 0.15) is 13.3 Å². The second-order valence-corrected chi connectivity index (χ2v) is 6.16. The third-order valence-electron chi connectivity index (χ3n) is 4.11. The van der Waals surface area contributed by atoms with E-state index in [-0.39, 0.29) is 0 Å². The average Bonchev–Trinajstić information content (AvgIpc) is 2.73. The molecule has 27 heavy (non-hydrogen) atoms. The number of ether oxygens (including phenoxy) is 2. The maximum absolute atomic E-state index is 6.05. The van der Waals surface area contributed by atoms with E-state index in [2.05, 4.69) is 11.9 Å². The summed E-state index contributed by atoms with van der Waals surface area (Å²) in [7, 11) is 0. The van der Waals surface area contributed by atoms with Gasteiger partial charge in [-0.25, -0.2) is 4.98 Å². The molecule has 0 amide bonds. The molecule has 4 aromatic rings. The predicted octanol–water partition coefficient (Wildman–Crippen LogP) is 5.88. The minimum atomic E-state index is 0.549. The Labute approximate surface area is 158 Å². The average molecular weight is 356 g/mol. The number of aromatic nitrogens is 2. The van der Waals surface area contributed by atoms with Gasteiger partial charge in [0.2, 0.25) is 5.88 Å². The van der Waals surface area contributed by atoms with Crippen LogP contribution in [0.25, 0.3) is 22.3 Å². The van der Waals surface area contributed by atoms with Gasteiger partial charge in [-0.1, -0.05) is 37.3 Å². The number of hydrogen-bond acceptors (Lipinski definition) is 4. The SMILES string of the molecule is CCCOc1ccc(-c2nc(Oc3ccccc3)c3ccccc3n2)cc1. The molecule has 0 aliphatic heterocycles. The van der Waals surface area contributed by atoms with E-state index in [0.29, 0.717) is 18.3 Å². The third-order valence-corrected chi connectivity index (χ3v) is 4.11. The number of rotatable bonds is 6. The lowest BCUT2D eigenvalue weighted by molar-refractivity contribution is 0.317. The fourth-order valence-corrected chi connectivity index (χ4v) is 2.77. The Morgan fingerprint density at radius 2 is 1.48 bits per heavy atom. The van der Waals surface area contributed by atoms with E-state index in [9.17, 15) is 0 Å². The van der Waals surface area contributed by atoms with Crippen LogP contribution in [0.4, 0.5) is 0 Å². The van der Waals surface area contributed by atoms with Crippen molar-refractivity contribution in [2.24, 2.45) is 0 Å². The molecule has 0 radical (unpaired) electrons. The van der Waals surface area contributed by atoms with Crippen LogP contribution in [0.3, 0.4) is 0 Å². The normalized spacial score (nSPS) is 10.7. The number of fused-ring (bicyclic) bond motifs is 1. The van der Waals surface area contributed by atoms with Crippen molar-refractivity contribution in [3.05, 3.63) is 78.9 Å². The second kappa shape index (κ2) is 7.87. The topological polar surface area (TPSA) is 44.2 Å². The lowest BCUT2D eigenvalue weighted by Gasteiger charge is -2.10. The van der Waals surface area contributed by atoms with Gasteiger partial charge in [0.05, 0.1) is 17.5 Å². The zero-order chi connectivity index (χ0) is 18.5. The molecule has 0 saturated carbocycles. The number of benzene rings is 3. The van der Waals surface area contributed by atoms with Crippen molar-refractivity contribution in [2.75, 3.05) is 6.61 Å². The molecule has 134 valence electrons. The Bertz CT molecular complexity index is 1030. The molecule has 1 heterocycles. The van der Waals surface area contributed by atoms with Gasteiger partial charge in [-0.05, 0) is 55.0 Å². The highest BCUT2D eigenvalue weighted by molar-refractivity contribution is 5.85. The highest BCUT2D eigenvalue weighted by atomic mass is 16.5. The molecular weight excluding hydrogens is 336 g/mol. The summed E-state index contributed by atoms with van der Waals surface area (Å²) >= 11 is 0. The molecule has 0 aliphatic rings. The van der Waals surface area contributed by atoms with Gasteiger partial charge in [0.15, 0.2) is 5.82 Å². The van der Waals surface area contributed by atoms with E-state index in [0.717, 1.165) is 34.4 Å². The highest BCUT2D eigenvalue weighted by Gasteiger charge is 2.11. The smallest absolute Gasteiger partial charge is 0.230 e. The van der Waals surface area contributed by atoms with Gasteiger partial charge in [-0.2, -0.15) is 4.98 Å².